The van der Waals surface area contributed by atoms with Crippen molar-refractivity contribution in [3.05, 3.63) is 56.9 Å². The molecule has 1 N–H and O–H groups in total. The first-order chi connectivity index (χ1) is 9.41. The van der Waals surface area contributed by atoms with Crippen molar-refractivity contribution in [1.82, 2.24) is 5.32 Å². The molecule has 3 nitrogen and oxygen atoms in total. The molecule has 0 bridgehead atoms. The van der Waals surface area contributed by atoms with Gasteiger partial charge < -0.3 is 9.73 Å². The number of halogens is 1. The fourth-order valence-electron chi connectivity index (χ4n) is 2.30. The average Bonchev–Trinajstić information content (AvgIpc) is 2.63. The van der Waals surface area contributed by atoms with Crippen LogP contribution in [0, 0.1) is 20.8 Å². The molecule has 1 aromatic heterocycles. The Hall–Kier alpha value is -1.55. The molecule has 1 aromatic carbocycles. The van der Waals surface area contributed by atoms with Crippen LogP contribution in [0.2, 0.25) is 0 Å². The number of benzene rings is 1. The van der Waals surface area contributed by atoms with Crippen LogP contribution in [0.15, 0.2) is 33.2 Å². The Kier molecular flexibility index (Phi) is 4.33. The molecule has 2 rings (SSSR count). The van der Waals surface area contributed by atoms with E-state index in [0.717, 1.165) is 21.4 Å². The first kappa shape index (κ1) is 14.9. The van der Waals surface area contributed by atoms with Gasteiger partial charge in [-0.15, -0.1) is 0 Å². The predicted octanol–water partition coefficient (Wildman–Crippen LogP) is 4.46. The highest BCUT2D eigenvalue weighted by molar-refractivity contribution is 9.10. The average molecular weight is 336 g/mol. The van der Waals surface area contributed by atoms with E-state index in [-0.39, 0.29) is 11.9 Å². The topological polar surface area (TPSA) is 42.2 Å². The van der Waals surface area contributed by atoms with Crippen LogP contribution < -0.4 is 5.32 Å². The number of carbonyl (C=O) groups is 1. The van der Waals surface area contributed by atoms with Crippen molar-refractivity contribution in [3.63, 3.8) is 0 Å². The summed E-state index contributed by atoms with van der Waals surface area (Å²) in [6, 6.07) is 7.80. The Morgan fingerprint density at radius 3 is 2.40 bits per heavy atom. The van der Waals surface area contributed by atoms with E-state index in [9.17, 15) is 4.79 Å². The summed E-state index contributed by atoms with van der Waals surface area (Å²) in [7, 11) is 0. The third-order valence-corrected chi connectivity index (χ3v) is 4.23. The van der Waals surface area contributed by atoms with Crippen molar-refractivity contribution >= 4 is 21.8 Å². The number of hydrogen-bond donors (Lipinski definition) is 1. The fraction of sp³-hybridized carbons (Fsp3) is 0.312. The molecule has 106 valence electrons. The molecule has 1 atom stereocenters. The summed E-state index contributed by atoms with van der Waals surface area (Å²) in [6.45, 7) is 7.56. The summed E-state index contributed by atoms with van der Waals surface area (Å²) >= 11 is 3.51. The molecular weight excluding hydrogens is 318 g/mol. The lowest BCUT2D eigenvalue weighted by atomic mass is 10.1. The largest absolute Gasteiger partial charge is 0.466 e. The van der Waals surface area contributed by atoms with Crippen LogP contribution in [0.1, 0.15) is 46.0 Å². The molecule has 0 aliphatic carbocycles. The number of nitrogens with one attached hydrogen (secondary N) is 1. The second-order valence-electron chi connectivity index (χ2n) is 4.93. The van der Waals surface area contributed by atoms with Crippen LogP contribution in [0.5, 0.6) is 0 Å². The zero-order valence-electron chi connectivity index (χ0n) is 12.1. The maximum absolute atomic E-state index is 12.4. The highest BCUT2D eigenvalue weighted by Gasteiger charge is 2.20. The zero-order chi connectivity index (χ0) is 14.9. The van der Waals surface area contributed by atoms with Crippen molar-refractivity contribution in [2.24, 2.45) is 0 Å². The van der Waals surface area contributed by atoms with Crippen molar-refractivity contribution in [3.8, 4) is 0 Å². The first-order valence-electron chi connectivity index (χ1n) is 6.53. The molecule has 2 aromatic rings. The quantitative estimate of drug-likeness (QED) is 0.899. The lowest BCUT2D eigenvalue weighted by molar-refractivity contribution is 0.0937. The smallest absolute Gasteiger partial charge is 0.255 e. The highest BCUT2D eigenvalue weighted by atomic mass is 79.9. The molecular formula is C16H18BrNO2. The summed E-state index contributed by atoms with van der Waals surface area (Å²) in [4.78, 5) is 12.4. The molecule has 0 radical (unpaired) electrons. The van der Waals surface area contributed by atoms with Gasteiger partial charge in [-0.1, -0.05) is 34.1 Å². The van der Waals surface area contributed by atoms with Gasteiger partial charge in [0.25, 0.3) is 5.91 Å². The Bertz CT molecular complexity index is 646. The monoisotopic (exact) mass is 335 g/mol. The third kappa shape index (κ3) is 2.80. The molecule has 0 aliphatic heterocycles. The van der Waals surface area contributed by atoms with Gasteiger partial charge in [-0.05, 0) is 39.3 Å². The van der Waals surface area contributed by atoms with Gasteiger partial charge in [0.1, 0.15) is 11.5 Å². The number of aryl methyl sites for hydroxylation is 2. The number of rotatable bonds is 3. The van der Waals surface area contributed by atoms with Crippen LogP contribution in [-0.4, -0.2) is 5.91 Å². The standard InChI is InChI=1S/C16H18BrNO2/c1-9-11(3)20-12(4)15(9)16(19)18-10(2)13-7-5-6-8-14(13)17/h5-8,10H,1-4H3,(H,18,19)/t10-/m1/s1. The van der Waals surface area contributed by atoms with Crippen molar-refractivity contribution < 1.29 is 9.21 Å². The molecule has 0 saturated carbocycles. The van der Waals surface area contributed by atoms with Gasteiger partial charge in [0.15, 0.2) is 0 Å². The summed E-state index contributed by atoms with van der Waals surface area (Å²) in [6.07, 6.45) is 0. The molecule has 0 spiro atoms. The Labute approximate surface area is 127 Å². The van der Waals surface area contributed by atoms with Gasteiger partial charge in [-0.25, -0.2) is 0 Å². The predicted molar refractivity (Wildman–Crippen MR) is 82.9 cm³/mol. The van der Waals surface area contributed by atoms with E-state index in [4.69, 9.17) is 4.42 Å². The number of amides is 1. The Balaban J connectivity index is 2.22. The van der Waals surface area contributed by atoms with E-state index in [1.165, 1.54) is 0 Å². The van der Waals surface area contributed by atoms with Gasteiger partial charge in [0.05, 0.1) is 11.6 Å². The van der Waals surface area contributed by atoms with Crippen LogP contribution in [0.3, 0.4) is 0 Å². The number of hydrogen-bond acceptors (Lipinski definition) is 2. The summed E-state index contributed by atoms with van der Waals surface area (Å²) in [5.41, 5.74) is 2.59. The second-order valence-corrected chi connectivity index (χ2v) is 5.79. The maximum Gasteiger partial charge on any atom is 0.255 e. The summed E-state index contributed by atoms with van der Waals surface area (Å²) in [5.74, 6) is 1.36. The normalized spacial score (nSPS) is 12.2. The number of furan rings is 1. The van der Waals surface area contributed by atoms with Gasteiger partial charge in [0.2, 0.25) is 0 Å². The van der Waals surface area contributed by atoms with E-state index in [1.54, 1.807) is 0 Å². The summed E-state index contributed by atoms with van der Waals surface area (Å²) < 4.78 is 6.50. The molecule has 4 heteroatoms. The van der Waals surface area contributed by atoms with Crippen LogP contribution in [0.4, 0.5) is 0 Å². The van der Waals surface area contributed by atoms with Crippen molar-refractivity contribution in [2.45, 2.75) is 33.7 Å². The highest BCUT2D eigenvalue weighted by Crippen LogP contribution is 2.25. The zero-order valence-corrected chi connectivity index (χ0v) is 13.7. The Morgan fingerprint density at radius 1 is 1.20 bits per heavy atom. The fourth-order valence-corrected chi connectivity index (χ4v) is 2.93. The molecule has 1 heterocycles. The molecule has 0 saturated heterocycles. The van der Waals surface area contributed by atoms with Gasteiger partial charge in [-0.2, -0.15) is 0 Å². The minimum absolute atomic E-state index is 0.0768. The summed E-state index contributed by atoms with van der Waals surface area (Å²) in [5, 5.41) is 3.02. The van der Waals surface area contributed by atoms with Crippen LogP contribution in [-0.2, 0) is 0 Å². The van der Waals surface area contributed by atoms with Crippen molar-refractivity contribution in [2.75, 3.05) is 0 Å². The lowest BCUT2D eigenvalue weighted by Crippen LogP contribution is -2.27. The minimum atomic E-state index is -0.0971. The van der Waals surface area contributed by atoms with E-state index in [1.807, 2.05) is 52.0 Å². The van der Waals surface area contributed by atoms with E-state index >= 15 is 0 Å². The molecule has 0 fully saturated rings. The molecule has 1 amide bonds. The van der Waals surface area contributed by atoms with Crippen LogP contribution >= 0.6 is 15.9 Å². The Morgan fingerprint density at radius 2 is 1.85 bits per heavy atom. The number of carbonyl (C=O) groups excluding carboxylic acids is 1. The molecule has 0 unspecified atom stereocenters. The molecule has 20 heavy (non-hydrogen) atoms. The first-order valence-corrected chi connectivity index (χ1v) is 7.33. The second kappa shape index (κ2) is 5.83. The van der Waals surface area contributed by atoms with Gasteiger partial charge in [0, 0.05) is 10.0 Å². The van der Waals surface area contributed by atoms with E-state index < -0.39 is 0 Å². The van der Waals surface area contributed by atoms with Gasteiger partial charge in [-0.3, -0.25) is 4.79 Å². The van der Waals surface area contributed by atoms with Crippen LogP contribution in [0.25, 0.3) is 0 Å². The maximum atomic E-state index is 12.4. The van der Waals surface area contributed by atoms with Crippen molar-refractivity contribution in [1.29, 1.82) is 0 Å². The lowest BCUT2D eigenvalue weighted by Gasteiger charge is -2.16. The van der Waals surface area contributed by atoms with Gasteiger partial charge >= 0.3 is 0 Å². The SMILES string of the molecule is Cc1oc(C)c(C(=O)N[C@H](C)c2ccccc2Br)c1C. The third-order valence-electron chi connectivity index (χ3n) is 3.51. The van der Waals surface area contributed by atoms with E-state index in [2.05, 4.69) is 21.2 Å². The van der Waals surface area contributed by atoms with E-state index in [0.29, 0.717) is 11.3 Å². The minimum Gasteiger partial charge on any atom is -0.466 e. The molecule has 0 aliphatic rings.